The van der Waals surface area contributed by atoms with Crippen molar-refractivity contribution in [3.8, 4) is 5.69 Å². The number of esters is 1. The van der Waals surface area contributed by atoms with Gasteiger partial charge in [0.15, 0.2) is 5.79 Å². The van der Waals surface area contributed by atoms with Crippen LogP contribution in [0.5, 0.6) is 0 Å². The maximum atomic E-state index is 12.9. The highest BCUT2D eigenvalue weighted by molar-refractivity contribution is 5.94. The van der Waals surface area contributed by atoms with Crippen LogP contribution in [0.25, 0.3) is 5.69 Å². The topological polar surface area (TPSA) is 82.9 Å². The minimum absolute atomic E-state index is 0.237. The fraction of sp³-hybridized carbons (Fsp3) is 0.476. The molecule has 0 radical (unpaired) electrons. The lowest BCUT2D eigenvalue weighted by Gasteiger charge is -2.26. The molecule has 1 aromatic carbocycles. The molecule has 0 spiro atoms. The van der Waals surface area contributed by atoms with Crippen LogP contribution >= 0.6 is 0 Å². The zero-order chi connectivity index (χ0) is 20.9. The highest BCUT2D eigenvalue weighted by atomic mass is 16.7. The van der Waals surface area contributed by atoms with Gasteiger partial charge in [-0.2, -0.15) is 5.10 Å². The standard InChI is InChI=1S/C21H27N3O5/c1-4-27-20(26)12-19(25)23(14-18-15-28-21(2,3)29-18)13-17-10-11-22-24(17)16-8-6-5-7-9-16/h5-11,18H,4,12-15H2,1-3H3/t18-/m0/s1. The third kappa shape index (κ3) is 5.65. The largest absolute Gasteiger partial charge is 0.466 e. The second kappa shape index (κ2) is 9.19. The van der Waals surface area contributed by atoms with E-state index in [1.165, 1.54) is 0 Å². The second-order valence-electron chi connectivity index (χ2n) is 7.28. The number of hydrogen-bond acceptors (Lipinski definition) is 6. The highest BCUT2D eigenvalue weighted by Crippen LogP contribution is 2.24. The average Bonchev–Trinajstić information content (AvgIpc) is 3.28. The lowest BCUT2D eigenvalue weighted by molar-refractivity contribution is -0.153. The van der Waals surface area contributed by atoms with E-state index in [9.17, 15) is 9.59 Å². The number of hydrogen-bond donors (Lipinski definition) is 0. The Hall–Kier alpha value is -2.71. The van der Waals surface area contributed by atoms with E-state index in [0.717, 1.165) is 11.4 Å². The summed E-state index contributed by atoms with van der Waals surface area (Å²) in [6.45, 7) is 6.60. The molecule has 1 aromatic heterocycles. The summed E-state index contributed by atoms with van der Waals surface area (Å²) >= 11 is 0. The molecule has 8 heteroatoms. The maximum Gasteiger partial charge on any atom is 0.315 e. The summed E-state index contributed by atoms with van der Waals surface area (Å²) in [6.07, 6.45) is 1.10. The molecule has 2 heterocycles. The molecular weight excluding hydrogens is 374 g/mol. The van der Waals surface area contributed by atoms with Crippen molar-refractivity contribution in [1.82, 2.24) is 14.7 Å². The Bertz CT molecular complexity index is 834. The van der Waals surface area contributed by atoms with Crippen LogP contribution in [0.2, 0.25) is 0 Å². The van der Waals surface area contributed by atoms with E-state index in [1.54, 1.807) is 22.7 Å². The molecule has 0 aliphatic carbocycles. The van der Waals surface area contributed by atoms with Crippen LogP contribution in [0.3, 0.4) is 0 Å². The molecule has 0 unspecified atom stereocenters. The van der Waals surface area contributed by atoms with Gasteiger partial charge >= 0.3 is 5.97 Å². The van der Waals surface area contributed by atoms with Crippen LogP contribution in [0, 0.1) is 0 Å². The maximum absolute atomic E-state index is 12.9. The van der Waals surface area contributed by atoms with Gasteiger partial charge in [-0.3, -0.25) is 9.59 Å². The summed E-state index contributed by atoms with van der Waals surface area (Å²) < 4.78 is 18.2. The van der Waals surface area contributed by atoms with E-state index in [4.69, 9.17) is 14.2 Å². The molecule has 1 amide bonds. The first-order valence-corrected chi connectivity index (χ1v) is 9.71. The molecule has 29 heavy (non-hydrogen) atoms. The van der Waals surface area contributed by atoms with Crippen molar-refractivity contribution >= 4 is 11.9 Å². The number of nitrogens with zero attached hydrogens (tertiary/aromatic N) is 3. The molecule has 1 aliphatic heterocycles. The van der Waals surface area contributed by atoms with Gasteiger partial charge in [-0.05, 0) is 39.0 Å². The van der Waals surface area contributed by atoms with Crippen LogP contribution in [-0.2, 0) is 30.3 Å². The monoisotopic (exact) mass is 401 g/mol. The molecule has 1 atom stereocenters. The molecule has 8 nitrogen and oxygen atoms in total. The fourth-order valence-corrected chi connectivity index (χ4v) is 3.25. The summed E-state index contributed by atoms with van der Waals surface area (Å²) in [5.74, 6) is -1.55. The predicted octanol–water partition coefficient (Wildman–Crippen LogP) is 2.31. The summed E-state index contributed by atoms with van der Waals surface area (Å²) in [6, 6.07) is 11.5. The summed E-state index contributed by atoms with van der Waals surface area (Å²) in [4.78, 5) is 26.3. The SMILES string of the molecule is CCOC(=O)CC(=O)N(Cc1ccnn1-c1ccccc1)C[C@H]1COC(C)(C)O1. The number of carbonyl (C=O) groups excluding carboxylic acids is 2. The zero-order valence-corrected chi connectivity index (χ0v) is 17.0. The molecule has 0 bridgehead atoms. The number of amides is 1. The quantitative estimate of drug-likeness (QED) is 0.499. The molecule has 1 saturated heterocycles. The van der Waals surface area contributed by atoms with Crippen molar-refractivity contribution in [3.63, 3.8) is 0 Å². The average molecular weight is 401 g/mol. The minimum atomic E-state index is -0.688. The number of benzene rings is 1. The van der Waals surface area contributed by atoms with E-state index >= 15 is 0 Å². The zero-order valence-electron chi connectivity index (χ0n) is 17.0. The summed E-state index contributed by atoms with van der Waals surface area (Å²) in [5.41, 5.74) is 1.72. The van der Waals surface area contributed by atoms with Gasteiger partial charge in [0.2, 0.25) is 5.91 Å². The molecule has 0 saturated carbocycles. The van der Waals surface area contributed by atoms with Crippen LogP contribution in [0.4, 0.5) is 0 Å². The van der Waals surface area contributed by atoms with Crippen LogP contribution < -0.4 is 0 Å². The van der Waals surface area contributed by atoms with Gasteiger partial charge < -0.3 is 19.1 Å². The fourth-order valence-electron chi connectivity index (χ4n) is 3.25. The van der Waals surface area contributed by atoms with Crippen molar-refractivity contribution < 1.29 is 23.8 Å². The third-order valence-electron chi connectivity index (χ3n) is 4.52. The first-order valence-electron chi connectivity index (χ1n) is 9.71. The van der Waals surface area contributed by atoms with Crippen molar-refractivity contribution in [1.29, 1.82) is 0 Å². The highest BCUT2D eigenvalue weighted by Gasteiger charge is 2.35. The van der Waals surface area contributed by atoms with Gasteiger partial charge in [-0.1, -0.05) is 18.2 Å². The van der Waals surface area contributed by atoms with E-state index in [-0.39, 0.29) is 31.6 Å². The Kier molecular flexibility index (Phi) is 6.66. The molecule has 156 valence electrons. The lowest BCUT2D eigenvalue weighted by atomic mass is 10.2. The van der Waals surface area contributed by atoms with Crippen LogP contribution in [-0.4, -0.2) is 58.2 Å². The Balaban J connectivity index is 1.77. The van der Waals surface area contributed by atoms with Gasteiger partial charge in [0, 0.05) is 12.7 Å². The normalized spacial score (nSPS) is 17.8. The summed E-state index contributed by atoms with van der Waals surface area (Å²) in [5, 5.41) is 4.38. The molecule has 2 aromatic rings. The Morgan fingerprint density at radius 2 is 2.03 bits per heavy atom. The summed E-state index contributed by atoms with van der Waals surface area (Å²) in [7, 11) is 0. The van der Waals surface area contributed by atoms with Gasteiger partial charge in [0.05, 0.1) is 31.1 Å². The number of aromatic nitrogens is 2. The Morgan fingerprint density at radius 1 is 1.28 bits per heavy atom. The van der Waals surface area contributed by atoms with Crippen molar-refractivity contribution in [3.05, 3.63) is 48.3 Å². The van der Waals surface area contributed by atoms with E-state index in [0.29, 0.717) is 13.2 Å². The smallest absolute Gasteiger partial charge is 0.315 e. The van der Waals surface area contributed by atoms with Crippen molar-refractivity contribution in [2.45, 2.75) is 45.6 Å². The molecule has 3 rings (SSSR count). The van der Waals surface area contributed by atoms with Crippen molar-refractivity contribution in [2.75, 3.05) is 19.8 Å². The first kappa shape index (κ1) is 21.0. The Labute approximate surface area is 170 Å². The van der Waals surface area contributed by atoms with E-state index in [1.807, 2.05) is 50.2 Å². The second-order valence-corrected chi connectivity index (χ2v) is 7.28. The molecular formula is C21H27N3O5. The van der Waals surface area contributed by atoms with Gasteiger partial charge in [0.1, 0.15) is 12.5 Å². The lowest BCUT2D eigenvalue weighted by Crippen LogP contribution is -2.40. The third-order valence-corrected chi connectivity index (χ3v) is 4.52. The predicted molar refractivity (Wildman–Crippen MR) is 105 cm³/mol. The van der Waals surface area contributed by atoms with Gasteiger partial charge in [-0.25, -0.2) is 4.68 Å². The van der Waals surface area contributed by atoms with Crippen LogP contribution in [0.15, 0.2) is 42.6 Å². The molecule has 1 fully saturated rings. The minimum Gasteiger partial charge on any atom is -0.466 e. The van der Waals surface area contributed by atoms with Gasteiger partial charge in [-0.15, -0.1) is 0 Å². The number of carbonyl (C=O) groups is 2. The van der Waals surface area contributed by atoms with E-state index in [2.05, 4.69) is 5.10 Å². The van der Waals surface area contributed by atoms with Gasteiger partial charge in [0.25, 0.3) is 0 Å². The van der Waals surface area contributed by atoms with E-state index < -0.39 is 11.8 Å². The van der Waals surface area contributed by atoms with Crippen molar-refractivity contribution in [2.24, 2.45) is 0 Å². The first-order chi connectivity index (χ1) is 13.9. The molecule has 1 aliphatic rings. The number of ether oxygens (including phenoxy) is 3. The molecule has 0 N–H and O–H groups in total. The van der Waals surface area contributed by atoms with Crippen LogP contribution in [0.1, 0.15) is 32.9 Å². The Morgan fingerprint density at radius 3 is 2.69 bits per heavy atom. The number of rotatable bonds is 8. The number of para-hydroxylation sites is 1.